The van der Waals surface area contributed by atoms with Gasteiger partial charge in [0.1, 0.15) is 0 Å². The first-order valence-electron chi connectivity index (χ1n) is 5.50. The van der Waals surface area contributed by atoms with Gasteiger partial charge in [0, 0.05) is 23.3 Å². The molecule has 1 N–H and O–H groups in total. The van der Waals surface area contributed by atoms with Gasteiger partial charge >= 0.3 is 5.97 Å². The molecule has 0 spiro atoms. The zero-order chi connectivity index (χ0) is 14.3. The highest BCUT2D eigenvalue weighted by Crippen LogP contribution is 2.33. The van der Waals surface area contributed by atoms with Crippen LogP contribution in [-0.4, -0.2) is 27.3 Å². The van der Waals surface area contributed by atoms with Crippen LogP contribution in [0.2, 0.25) is 0 Å². The first kappa shape index (κ1) is 15.4. The monoisotopic (exact) mass is 329 g/mol. The second-order valence-electron chi connectivity index (χ2n) is 3.54. The summed E-state index contributed by atoms with van der Waals surface area (Å²) in [7, 11) is 4.50. The van der Waals surface area contributed by atoms with Crippen molar-refractivity contribution in [2.24, 2.45) is 0 Å². The number of ether oxygens (including phenoxy) is 3. The Morgan fingerprint density at radius 2 is 1.89 bits per heavy atom. The average molecular weight is 330 g/mol. The Hall–Kier alpha value is -1.69. The number of carbonyl (C=O) groups excluding carboxylic acids is 1. The minimum absolute atomic E-state index is 0.404. The second kappa shape index (κ2) is 7.68. The molecule has 1 rings (SSSR count). The van der Waals surface area contributed by atoms with Crippen LogP contribution in [0.4, 0.5) is 0 Å². The number of benzene rings is 1. The molecule has 0 bridgehead atoms. The van der Waals surface area contributed by atoms with Crippen molar-refractivity contribution < 1.29 is 19.0 Å². The average Bonchev–Trinajstić information content (AvgIpc) is 2.43. The lowest BCUT2D eigenvalue weighted by Gasteiger charge is -2.11. The van der Waals surface area contributed by atoms with E-state index >= 15 is 0 Å². The predicted molar refractivity (Wildman–Crippen MR) is 75.2 cm³/mol. The molecule has 6 heteroatoms. The summed E-state index contributed by atoms with van der Waals surface area (Å²) in [5, 5.41) is 2.99. The molecule has 0 saturated heterocycles. The predicted octanol–water partition coefficient (Wildman–Crippen LogP) is 2.24. The van der Waals surface area contributed by atoms with E-state index in [0.717, 1.165) is 10.0 Å². The largest absolute Gasteiger partial charge is 0.493 e. The van der Waals surface area contributed by atoms with Crippen molar-refractivity contribution in [3.8, 4) is 11.5 Å². The highest BCUT2D eigenvalue weighted by atomic mass is 79.9. The lowest BCUT2D eigenvalue weighted by molar-refractivity contribution is -0.134. The minimum Gasteiger partial charge on any atom is -0.493 e. The molecule has 104 valence electrons. The summed E-state index contributed by atoms with van der Waals surface area (Å²) in [6, 6.07) is 3.70. The molecule has 0 saturated carbocycles. The normalized spacial score (nSPS) is 10.3. The van der Waals surface area contributed by atoms with E-state index < -0.39 is 5.97 Å². The van der Waals surface area contributed by atoms with Crippen molar-refractivity contribution >= 4 is 21.9 Å². The summed E-state index contributed by atoms with van der Waals surface area (Å²) in [5.74, 6) is 0.904. The van der Waals surface area contributed by atoms with Gasteiger partial charge in [0.25, 0.3) is 0 Å². The fourth-order valence-corrected chi connectivity index (χ4v) is 1.86. The van der Waals surface area contributed by atoms with Crippen LogP contribution in [0, 0.1) is 0 Å². The highest BCUT2D eigenvalue weighted by molar-refractivity contribution is 9.10. The molecule has 5 nitrogen and oxygen atoms in total. The second-order valence-corrected chi connectivity index (χ2v) is 4.39. The van der Waals surface area contributed by atoms with Gasteiger partial charge in [0.05, 0.1) is 21.3 Å². The van der Waals surface area contributed by atoms with Crippen LogP contribution >= 0.6 is 15.9 Å². The van der Waals surface area contributed by atoms with Crippen LogP contribution in [0.5, 0.6) is 11.5 Å². The third-order valence-corrected chi connectivity index (χ3v) is 3.12. The number of hydrogen-bond acceptors (Lipinski definition) is 5. The van der Waals surface area contributed by atoms with E-state index in [4.69, 9.17) is 9.47 Å². The van der Waals surface area contributed by atoms with Crippen LogP contribution in [0.15, 0.2) is 28.9 Å². The molecule has 0 aliphatic heterocycles. The molecule has 0 unspecified atom stereocenters. The van der Waals surface area contributed by atoms with Crippen LogP contribution < -0.4 is 14.8 Å². The molecule has 0 aromatic heterocycles. The van der Waals surface area contributed by atoms with E-state index in [9.17, 15) is 4.79 Å². The van der Waals surface area contributed by atoms with Crippen LogP contribution in [-0.2, 0) is 16.1 Å². The summed E-state index contributed by atoms with van der Waals surface area (Å²) in [6.45, 7) is 0.536. The van der Waals surface area contributed by atoms with Gasteiger partial charge < -0.3 is 19.5 Å². The van der Waals surface area contributed by atoms with Crippen molar-refractivity contribution in [2.75, 3.05) is 21.3 Å². The van der Waals surface area contributed by atoms with Crippen molar-refractivity contribution in [2.45, 2.75) is 6.54 Å². The maximum Gasteiger partial charge on any atom is 0.331 e. The number of esters is 1. The fourth-order valence-electron chi connectivity index (χ4n) is 1.40. The Morgan fingerprint density at radius 3 is 2.47 bits per heavy atom. The van der Waals surface area contributed by atoms with E-state index in [1.165, 1.54) is 19.4 Å². The maximum absolute atomic E-state index is 10.9. The molecule has 0 aliphatic rings. The Morgan fingerprint density at radius 1 is 1.26 bits per heavy atom. The topological polar surface area (TPSA) is 56.8 Å². The van der Waals surface area contributed by atoms with Gasteiger partial charge in [-0.2, -0.15) is 0 Å². The lowest BCUT2D eigenvalue weighted by Crippen LogP contribution is -2.07. The van der Waals surface area contributed by atoms with Crippen molar-refractivity contribution in [1.29, 1.82) is 0 Å². The zero-order valence-corrected chi connectivity index (χ0v) is 12.6. The molecule has 0 radical (unpaired) electrons. The molecule has 0 aliphatic carbocycles. The number of rotatable bonds is 6. The van der Waals surface area contributed by atoms with E-state index in [1.54, 1.807) is 14.2 Å². The Labute approximate surface area is 120 Å². The third kappa shape index (κ3) is 4.48. The van der Waals surface area contributed by atoms with Gasteiger partial charge in [-0.3, -0.25) is 0 Å². The standard InChI is InChI=1S/C13H16BrNO4/c1-17-11-6-9(10(14)7-12(11)18-2)8-15-5-4-13(16)19-3/h4-7,15H,8H2,1-3H3/b5-4+. The smallest absolute Gasteiger partial charge is 0.331 e. The number of halogens is 1. The summed E-state index contributed by atoms with van der Waals surface area (Å²) >= 11 is 3.45. The molecule has 0 atom stereocenters. The van der Waals surface area contributed by atoms with Crippen LogP contribution in [0.25, 0.3) is 0 Å². The zero-order valence-electron chi connectivity index (χ0n) is 11.0. The molecule has 0 amide bonds. The van der Waals surface area contributed by atoms with E-state index in [1.807, 2.05) is 12.1 Å². The number of nitrogens with one attached hydrogen (secondary N) is 1. The molecule has 19 heavy (non-hydrogen) atoms. The first-order chi connectivity index (χ1) is 9.12. The number of carbonyl (C=O) groups is 1. The third-order valence-electron chi connectivity index (χ3n) is 2.38. The van der Waals surface area contributed by atoms with Gasteiger partial charge in [-0.05, 0) is 17.7 Å². The lowest BCUT2D eigenvalue weighted by atomic mass is 10.2. The Balaban J connectivity index is 2.73. The van der Waals surface area contributed by atoms with Crippen LogP contribution in [0.1, 0.15) is 5.56 Å². The molecular formula is C13H16BrNO4. The summed E-state index contributed by atoms with van der Waals surface area (Å²) < 4.78 is 15.8. The quantitative estimate of drug-likeness (QED) is 0.640. The highest BCUT2D eigenvalue weighted by Gasteiger charge is 2.08. The molecule has 1 aromatic carbocycles. The molecule has 1 aromatic rings. The number of methoxy groups -OCH3 is 3. The molecule has 0 fully saturated rings. The van der Waals surface area contributed by atoms with E-state index in [-0.39, 0.29) is 0 Å². The Bertz CT molecular complexity index is 474. The SMILES string of the molecule is COC(=O)/C=C/NCc1cc(OC)c(OC)cc1Br. The van der Waals surface area contributed by atoms with E-state index in [2.05, 4.69) is 26.0 Å². The van der Waals surface area contributed by atoms with Gasteiger partial charge in [-0.25, -0.2) is 4.79 Å². The molecule has 0 heterocycles. The van der Waals surface area contributed by atoms with Crippen molar-refractivity contribution in [3.63, 3.8) is 0 Å². The van der Waals surface area contributed by atoms with E-state index in [0.29, 0.717) is 18.0 Å². The van der Waals surface area contributed by atoms with Crippen molar-refractivity contribution in [3.05, 3.63) is 34.4 Å². The molecular weight excluding hydrogens is 314 g/mol. The fraction of sp³-hybridized carbons (Fsp3) is 0.308. The minimum atomic E-state index is -0.404. The summed E-state index contributed by atoms with van der Waals surface area (Å²) in [4.78, 5) is 10.9. The maximum atomic E-state index is 10.9. The number of hydrogen-bond donors (Lipinski definition) is 1. The van der Waals surface area contributed by atoms with Gasteiger partial charge in [-0.1, -0.05) is 15.9 Å². The first-order valence-corrected chi connectivity index (χ1v) is 6.30. The van der Waals surface area contributed by atoms with Gasteiger partial charge in [0.15, 0.2) is 11.5 Å². The Kier molecular flexibility index (Phi) is 6.21. The van der Waals surface area contributed by atoms with Gasteiger partial charge in [0.2, 0.25) is 0 Å². The summed E-state index contributed by atoms with van der Waals surface area (Å²) in [5.41, 5.74) is 0.979. The van der Waals surface area contributed by atoms with Crippen LogP contribution in [0.3, 0.4) is 0 Å². The van der Waals surface area contributed by atoms with Gasteiger partial charge in [-0.15, -0.1) is 0 Å². The summed E-state index contributed by atoms with van der Waals surface area (Å²) in [6.07, 6.45) is 2.85. The van der Waals surface area contributed by atoms with Crippen molar-refractivity contribution in [1.82, 2.24) is 5.32 Å².